The number of likely N-dealkylation sites (tertiary alicyclic amines) is 1. The number of piperidine rings is 1. The van der Waals surface area contributed by atoms with Crippen molar-refractivity contribution >= 4 is 45.3 Å². The highest BCUT2D eigenvalue weighted by molar-refractivity contribution is 7.93. The van der Waals surface area contributed by atoms with E-state index in [1.165, 1.54) is 18.6 Å². The number of esters is 1. The maximum Gasteiger partial charge on any atom is 0.323 e. The predicted octanol–water partition coefficient (Wildman–Crippen LogP) is 3.30. The summed E-state index contributed by atoms with van der Waals surface area (Å²) in [6.45, 7) is 3.94. The van der Waals surface area contributed by atoms with Gasteiger partial charge in [0.05, 0.1) is 30.2 Å². The SMILES string of the molecule is CCOC(=O)CS(=O)(=O)N(CC=Cc1cccc(C(=N)N)c1)c1ccc(OC2CCN(C3=NCCCCC3)CC2)c(C(N)=O)c1. The Labute approximate surface area is 264 Å². The standard InChI is InChI=1S/C32H42N6O6S/c1-2-43-30(39)22-45(41,42)38(17-7-9-23-8-6-10-24(20-23)31(33)34)25-12-13-28(27(21-25)32(35)40)44-26-14-18-37(19-15-26)29-11-4-3-5-16-36-29/h6-10,12-13,20-21,26H,2-5,11,14-19,22H2,1H3,(H3,33,34)(H2,35,40). The average molecular weight is 639 g/mol. The molecular formula is C32H42N6O6S. The molecular weight excluding hydrogens is 596 g/mol. The lowest BCUT2D eigenvalue weighted by molar-refractivity contribution is -0.139. The van der Waals surface area contributed by atoms with Crippen molar-refractivity contribution in [3.8, 4) is 5.75 Å². The number of nitrogens with one attached hydrogen (secondary N) is 1. The van der Waals surface area contributed by atoms with Crippen molar-refractivity contribution in [3.05, 3.63) is 65.2 Å². The number of nitrogens with two attached hydrogens (primary N) is 2. The average Bonchev–Trinajstić information content (AvgIpc) is 3.30. The third-order valence-electron chi connectivity index (χ3n) is 7.69. The van der Waals surface area contributed by atoms with Gasteiger partial charge in [-0.2, -0.15) is 0 Å². The van der Waals surface area contributed by atoms with Crippen molar-refractivity contribution in [1.82, 2.24) is 4.90 Å². The summed E-state index contributed by atoms with van der Waals surface area (Å²) in [7, 11) is -4.23. The number of hydrogen-bond donors (Lipinski definition) is 3. The fourth-order valence-electron chi connectivity index (χ4n) is 5.40. The quantitative estimate of drug-likeness (QED) is 0.180. The molecule has 0 spiro atoms. The predicted molar refractivity (Wildman–Crippen MR) is 175 cm³/mol. The van der Waals surface area contributed by atoms with E-state index in [0.717, 1.165) is 61.9 Å². The highest BCUT2D eigenvalue weighted by atomic mass is 32.2. The summed E-state index contributed by atoms with van der Waals surface area (Å²) in [5.74, 6) is -1.20. The molecule has 0 unspecified atom stereocenters. The zero-order valence-electron chi connectivity index (χ0n) is 25.6. The van der Waals surface area contributed by atoms with Crippen LogP contribution in [0.4, 0.5) is 5.69 Å². The highest BCUT2D eigenvalue weighted by Gasteiger charge is 2.28. The normalized spacial score (nSPS) is 16.1. The molecule has 0 bridgehead atoms. The van der Waals surface area contributed by atoms with Crippen molar-refractivity contribution in [2.75, 3.05) is 42.8 Å². The number of benzene rings is 2. The van der Waals surface area contributed by atoms with Gasteiger partial charge in [0.25, 0.3) is 5.91 Å². The van der Waals surface area contributed by atoms with Crippen LogP contribution < -0.4 is 20.5 Å². The van der Waals surface area contributed by atoms with Crippen LogP contribution >= 0.6 is 0 Å². The number of ether oxygens (including phenoxy) is 2. The van der Waals surface area contributed by atoms with E-state index in [1.54, 1.807) is 49.4 Å². The van der Waals surface area contributed by atoms with Crippen molar-refractivity contribution in [2.45, 2.75) is 51.6 Å². The summed E-state index contributed by atoms with van der Waals surface area (Å²) in [5.41, 5.74) is 12.7. The molecule has 1 fully saturated rings. The Morgan fingerprint density at radius 1 is 1.11 bits per heavy atom. The molecule has 4 rings (SSSR count). The van der Waals surface area contributed by atoms with Gasteiger partial charge in [-0.3, -0.25) is 24.3 Å². The fourth-order valence-corrected chi connectivity index (χ4v) is 6.69. The summed E-state index contributed by atoms with van der Waals surface area (Å²) in [4.78, 5) is 31.8. The summed E-state index contributed by atoms with van der Waals surface area (Å²) in [6.07, 6.45) is 9.10. The van der Waals surface area contributed by atoms with Gasteiger partial charge < -0.3 is 25.8 Å². The van der Waals surface area contributed by atoms with Gasteiger partial charge in [0, 0.05) is 44.5 Å². The Kier molecular flexibility index (Phi) is 11.6. The number of nitrogen functional groups attached to an aromatic ring is 1. The topological polar surface area (TPSA) is 181 Å². The smallest absolute Gasteiger partial charge is 0.323 e. The molecule has 2 aromatic rings. The molecule has 242 valence electrons. The second-order valence-electron chi connectivity index (χ2n) is 11.0. The summed E-state index contributed by atoms with van der Waals surface area (Å²) in [5, 5.41) is 7.65. The van der Waals surface area contributed by atoms with Gasteiger partial charge in [0.1, 0.15) is 17.7 Å². The van der Waals surface area contributed by atoms with Gasteiger partial charge in [-0.25, -0.2) is 8.42 Å². The molecule has 13 heteroatoms. The van der Waals surface area contributed by atoms with Gasteiger partial charge >= 0.3 is 5.97 Å². The van der Waals surface area contributed by atoms with Crippen LogP contribution in [-0.4, -0.2) is 81.5 Å². The fraction of sp³-hybridized carbons (Fsp3) is 0.438. The van der Waals surface area contributed by atoms with Gasteiger partial charge in [-0.1, -0.05) is 36.8 Å². The van der Waals surface area contributed by atoms with E-state index in [9.17, 15) is 18.0 Å². The van der Waals surface area contributed by atoms with E-state index in [4.69, 9.17) is 31.3 Å². The zero-order chi connectivity index (χ0) is 32.4. The Bertz CT molecular complexity index is 1550. The minimum absolute atomic E-state index is 0.0334. The summed E-state index contributed by atoms with van der Waals surface area (Å²) >= 11 is 0. The number of aliphatic imine (C=N–C) groups is 1. The van der Waals surface area contributed by atoms with Gasteiger partial charge in [-0.15, -0.1) is 0 Å². The summed E-state index contributed by atoms with van der Waals surface area (Å²) < 4.78 is 39.1. The van der Waals surface area contributed by atoms with E-state index >= 15 is 0 Å². The Hall–Kier alpha value is -4.39. The lowest BCUT2D eigenvalue weighted by Gasteiger charge is -2.34. The van der Waals surface area contributed by atoms with E-state index < -0.39 is 27.7 Å². The molecule has 2 aliphatic rings. The number of amidine groups is 2. The molecule has 5 N–H and O–H groups in total. The first kappa shape index (κ1) is 33.5. The van der Waals surface area contributed by atoms with Crippen LogP contribution in [0.1, 0.15) is 66.9 Å². The second kappa shape index (κ2) is 15.6. The number of amides is 1. The summed E-state index contributed by atoms with van der Waals surface area (Å²) in [6, 6.07) is 11.4. The molecule has 0 atom stereocenters. The minimum Gasteiger partial charge on any atom is -0.489 e. The number of anilines is 1. The van der Waals surface area contributed by atoms with E-state index in [0.29, 0.717) is 11.1 Å². The Balaban J connectivity index is 1.55. The van der Waals surface area contributed by atoms with Crippen LogP contribution in [0.5, 0.6) is 5.75 Å². The molecule has 1 saturated heterocycles. The first-order chi connectivity index (χ1) is 21.6. The molecule has 12 nitrogen and oxygen atoms in total. The van der Waals surface area contributed by atoms with Gasteiger partial charge in [0.2, 0.25) is 10.0 Å². The van der Waals surface area contributed by atoms with Crippen LogP contribution in [0.15, 0.2) is 53.5 Å². The van der Waals surface area contributed by atoms with Crippen LogP contribution in [0, 0.1) is 5.41 Å². The number of hydrogen-bond acceptors (Lipinski definition) is 9. The van der Waals surface area contributed by atoms with Crippen molar-refractivity contribution in [3.63, 3.8) is 0 Å². The molecule has 1 amide bonds. The van der Waals surface area contributed by atoms with E-state index in [-0.39, 0.29) is 42.1 Å². The number of carbonyl (C=O) groups is 2. The number of primary amides is 1. The van der Waals surface area contributed by atoms with Crippen molar-refractivity contribution < 1.29 is 27.5 Å². The Morgan fingerprint density at radius 2 is 1.89 bits per heavy atom. The van der Waals surface area contributed by atoms with Gasteiger partial charge in [0.15, 0.2) is 5.75 Å². The monoisotopic (exact) mass is 638 g/mol. The maximum atomic E-state index is 13.5. The lowest BCUT2D eigenvalue weighted by Crippen LogP contribution is -2.42. The van der Waals surface area contributed by atoms with Gasteiger partial charge in [-0.05, 0) is 49.6 Å². The molecule has 2 aliphatic heterocycles. The molecule has 0 aliphatic carbocycles. The largest absolute Gasteiger partial charge is 0.489 e. The highest BCUT2D eigenvalue weighted by Crippen LogP contribution is 2.30. The first-order valence-corrected chi connectivity index (χ1v) is 16.8. The minimum atomic E-state index is -4.23. The molecule has 2 aromatic carbocycles. The van der Waals surface area contributed by atoms with Crippen molar-refractivity contribution in [1.29, 1.82) is 5.41 Å². The van der Waals surface area contributed by atoms with Crippen LogP contribution in [0.2, 0.25) is 0 Å². The number of sulfonamides is 1. The van der Waals surface area contributed by atoms with E-state index in [2.05, 4.69) is 4.90 Å². The zero-order valence-corrected chi connectivity index (χ0v) is 26.4. The van der Waals surface area contributed by atoms with Crippen LogP contribution in [-0.2, 0) is 19.6 Å². The van der Waals surface area contributed by atoms with Crippen LogP contribution in [0.3, 0.4) is 0 Å². The van der Waals surface area contributed by atoms with Crippen LogP contribution in [0.25, 0.3) is 6.08 Å². The third kappa shape index (κ3) is 9.30. The third-order valence-corrected chi connectivity index (χ3v) is 9.32. The molecule has 2 heterocycles. The van der Waals surface area contributed by atoms with E-state index in [1.807, 2.05) is 0 Å². The molecule has 0 aromatic heterocycles. The maximum absolute atomic E-state index is 13.5. The number of nitrogens with zero attached hydrogens (tertiary/aromatic N) is 3. The number of carbonyl (C=O) groups excluding carboxylic acids is 2. The molecule has 0 radical (unpaired) electrons. The number of rotatable bonds is 12. The molecule has 45 heavy (non-hydrogen) atoms. The van der Waals surface area contributed by atoms with Crippen molar-refractivity contribution in [2.24, 2.45) is 16.5 Å². The lowest BCUT2D eigenvalue weighted by atomic mass is 10.1. The Morgan fingerprint density at radius 3 is 2.60 bits per heavy atom. The molecule has 0 saturated carbocycles. The first-order valence-electron chi connectivity index (χ1n) is 15.2. The second-order valence-corrected chi connectivity index (χ2v) is 12.9.